The standard InChI is InChI=1S/C11H16N2O4/c1-3-17-8(2)12-9(14)6-7-13-10(15)4-5-11(13)16/h4-5,8H,3,6-7H2,1-2H3,(H,12,14). The largest absolute Gasteiger partial charge is 0.359 e. The first-order chi connectivity index (χ1) is 8.04. The Morgan fingerprint density at radius 1 is 1.41 bits per heavy atom. The monoisotopic (exact) mass is 240 g/mol. The van der Waals surface area contributed by atoms with Gasteiger partial charge >= 0.3 is 0 Å². The topological polar surface area (TPSA) is 75.7 Å². The van der Waals surface area contributed by atoms with Crippen LogP contribution in [-0.2, 0) is 19.1 Å². The number of ether oxygens (including phenoxy) is 1. The van der Waals surface area contributed by atoms with Crippen molar-refractivity contribution in [2.24, 2.45) is 0 Å². The van der Waals surface area contributed by atoms with Crippen molar-refractivity contribution in [2.45, 2.75) is 26.5 Å². The van der Waals surface area contributed by atoms with Crippen LogP contribution in [0.1, 0.15) is 20.3 Å². The number of rotatable bonds is 6. The molecule has 1 unspecified atom stereocenters. The quantitative estimate of drug-likeness (QED) is 0.515. The fourth-order valence-corrected chi connectivity index (χ4v) is 1.46. The Kier molecular flexibility index (Phi) is 4.84. The molecule has 94 valence electrons. The first kappa shape index (κ1) is 13.4. The van der Waals surface area contributed by atoms with Crippen LogP contribution in [0.25, 0.3) is 0 Å². The Labute approximate surface area is 99.6 Å². The number of carbonyl (C=O) groups is 3. The minimum absolute atomic E-state index is 0.0799. The average Bonchev–Trinajstić information content (AvgIpc) is 2.56. The molecule has 0 spiro atoms. The highest BCUT2D eigenvalue weighted by molar-refractivity contribution is 6.13. The van der Waals surface area contributed by atoms with Crippen LogP contribution in [0, 0.1) is 0 Å². The molecule has 1 aliphatic rings. The van der Waals surface area contributed by atoms with E-state index in [1.165, 1.54) is 12.2 Å². The van der Waals surface area contributed by atoms with Crippen LogP contribution < -0.4 is 5.32 Å². The van der Waals surface area contributed by atoms with E-state index in [1.54, 1.807) is 6.92 Å². The highest BCUT2D eigenvalue weighted by atomic mass is 16.5. The average molecular weight is 240 g/mol. The zero-order valence-corrected chi connectivity index (χ0v) is 9.93. The smallest absolute Gasteiger partial charge is 0.253 e. The molecule has 0 saturated heterocycles. The first-order valence-corrected chi connectivity index (χ1v) is 5.49. The van der Waals surface area contributed by atoms with E-state index in [2.05, 4.69) is 5.32 Å². The van der Waals surface area contributed by atoms with Gasteiger partial charge in [0.15, 0.2) is 0 Å². The SMILES string of the molecule is CCOC(C)NC(=O)CCN1C(=O)C=CC1=O. The Morgan fingerprint density at radius 3 is 2.53 bits per heavy atom. The van der Waals surface area contributed by atoms with Gasteiger partial charge in [-0.15, -0.1) is 0 Å². The van der Waals surface area contributed by atoms with Crippen LogP contribution in [-0.4, -0.2) is 42.0 Å². The van der Waals surface area contributed by atoms with Crippen molar-refractivity contribution in [1.29, 1.82) is 0 Å². The second-order valence-corrected chi connectivity index (χ2v) is 3.58. The highest BCUT2D eigenvalue weighted by Gasteiger charge is 2.23. The molecule has 1 heterocycles. The molecule has 6 nitrogen and oxygen atoms in total. The lowest BCUT2D eigenvalue weighted by Crippen LogP contribution is -2.38. The summed E-state index contributed by atoms with van der Waals surface area (Å²) in [6.45, 7) is 4.15. The van der Waals surface area contributed by atoms with Crippen LogP contribution in [0.2, 0.25) is 0 Å². The van der Waals surface area contributed by atoms with Gasteiger partial charge in [-0.2, -0.15) is 0 Å². The van der Waals surface area contributed by atoms with E-state index < -0.39 is 0 Å². The molecule has 0 aliphatic carbocycles. The van der Waals surface area contributed by atoms with Gasteiger partial charge in [0.2, 0.25) is 5.91 Å². The lowest BCUT2D eigenvalue weighted by Gasteiger charge is -2.16. The fraction of sp³-hybridized carbons (Fsp3) is 0.545. The van der Waals surface area contributed by atoms with Crippen molar-refractivity contribution >= 4 is 17.7 Å². The predicted molar refractivity (Wildman–Crippen MR) is 59.7 cm³/mol. The Morgan fingerprint density at radius 2 is 2.00 bits per heavy atom. The van der Waals surface area contributed by atoms with Gasteiger partial charge in [0.05, 0.1) is 0 Å². The lowest BCUT2D eigenvalue weighted by atomic mass is 10.3. The summed E-state index contributed by atoms with van der Waals surface area (Å²) in [5, 5.41) is 2.60. The summed E-state index contributed by atoms with van der Waals surface area (Å²) < 4.78 is 5.13. The number of nitrogens with zero attached hydrogens (tertiary/aromatic N) is 1. The molecule has 1 atom stereocenters. The minimum Gasteiger partial charge on any atom is -0.359 e. The normalized spacial score (nSPS) is 16.5. The second kappa shape index (κ2) is 6.15. The molecule has 0 bridgehead atoms. The van der Waals surface area contributed by atoms with E-state index in [1.807, 2.05) is 6.92 Å². The molecule has 17 heavy (non-hydrogen) atoms. The van der Waals surface area contributed by atoms with Crippen LogP contribution in [0.5, 0.6) is 0 Å². The van der Waals surface area contributed by atoms with Crippen LogP contribution >= 0.6 is 0 Å². The summed E-state index contributed by atoms with van der Waals surface area (Å²) in [6, 6.07) is 0. The molecule has 1 N–H and O–H groups in total. The van der Waals surface area contributed by atoms with Crippen molar-refractivity contribution in [3.63, 3.8) is 0 Å². The molecule has 0 radical (unpaired) electrons. The number of carbonyl (C=O) groups excluding carboxylic acids is 3. The van der Waals surface area contributed by atoms with Crippen molar-refractivity contribution in [3.8, 4) is 0 Å². The second-order valence-electron chi connectivity index (χ2n) is 3.58. The van der Waals surface area contributed by atoms with Gasteiger partial charge in [-0.25, -0.2) is 0 Å². The maximum atomic E-state index is 11.4. The Balaban J connectivity index is 2.29. The van der Waals surface area contributed by atoms with Crippen LogP contribution in [0.4, 0.5) is 0 Å². The molecule has 0 aromatic heterocycles. The summed E-state index contributed by atoms with van der Waals surface area (Å²) in [5.74, 6) is -1.00. The van der Waals surface area contributed by atoms with E-state index >= 15 is 0 Å². The van der Waals surface area contributed by atoms with E-state index in [9.17, 15) is 14.4 Å². The molecule has 6 heteroatoms. The third-order valence-corrected chi connectivity index (χ3v) is 2.24. The van der Waals surface area contributed by atoms with E-state index in [4.69, 9.17) is 4.74 Å². The third-order valence-electron chi connectivity index (χ3n) is 2.24. The molecule has 0 fully saturated rings. The highest BCUT2D eigenvalue weighted by Crippen LogP contribution is 2.04. The number of amides is 3. The molecule has 1 aliphatic heterocycles. The zero-order valence-electron chi connectivity index (χ0n) is 9.93. The summed E-state index contributed by atoms with van der Waals surface area (Å²) in [6.07, 6.45) is 2.11. The van der Waals surface area contributed by atoms with Gasteiger partial charge in [-0.3, -0.25) is 19.3 Å². The van der Waals surface area contributed by atoms with Crippen molar-refractivity contribution in [2.75, 3.05) is 13.2 Å². The van der Waals surface area contributed by atoms with Crippen LogP contribution in [0.15, 0.2) is 12.2 Å². The molecular weight excluding hydrogens is 224 g/mol. The molecule has 1 rings (SSSR count). The fourth-order valence-electron chi connectivity index (χ4n) is 1.46. The Bertz CT molecular complexity index is 333. The summed E-state index contributed by atoms with van der Waals surface area (Å²) in [4.78, 5) is 34.8. The van der Waals surface area contributed by atoms with Gasteiger partial charge in [-0.1, -0.05) is 0 Å². The minimum atomic E-state index is -0.374. The number of imide groups is 1. The van der Waals surface area contributed by atoms with Gasteiger partial charge in [0.1, 0.15) is 6.23 Å². The first-order valence-electron chi connectivity index (χ1n) is 5.49. The van der Waals surface area contributed by atoms with Gasteiger partial charge in [0, 0.05) is 31.7 Å². The van der Waals surface area contributed by atoms with E-state index in [0.29, 0.717) is 6.61 Å². The number of hydrogen-bond donors (Lipinski definition) is 1. The molecule has 0 aromatic carbocycles. The number of nitrogens with one attached hydrogen (secondary N) is 1. The lowest BCUT2D eigenvalue weighted by molar-refractivity contribution is -0.137. The maximum Gasteiger partial charge on any atom is 0.253 e. The van der Waals surface area contributed by atoms with Gasteiger partial charge in [-0.05, 0) is 13.8 Å². The zero-order chi connectivity index (χ0) is 12.8. The third kappa shape index (κ3) is 3.99. The van der Waals surface area contributed by atoms with Crippen molar-refractivity contribution in [1.82, 2.24) is 10.2 Å². The Hall–Kier alpha value is -1.69. The number of hydrogen-bond acceptors (Lipinski definition) is 4. The van der Waals surface area contributed by atoms with Crippen LogP contribution in [0.3, 0.4) is 0 Å². The summed E-state index contributed by atoms with van der Waals surface area (Å²) in [7, 11) is 0. The molecule has 3 amide bonds. The van der Waals surface area contributed by atoms with E-state index in [-0.39, 0.29) is 36.9 Å². The molecular formula is C11H16N2O4. The maximum absolute atomic E-state index is 11.4. The van der Waals surface area contributed by atoms with Crippen molar-refractivity contribution < 1.29 is 19.1 Å². The van der Waals surface area contributed by atoms with E-state index in [0.717, 1.165) is 4.90 Å². The summed E-state index contributed by atoms with van der Waals surface area (Å²) >= 11 is 0. The summed E-state index contributed by atoms with van der Waals surface area (Å²) in [5.41, 5.74) is 0. The predicted octanol–water partition coefficient (Wildman–Crippen LogP) is -0.200. The molecule has 0 aromatic rings. The molecule has 0 saturated carbocycles. The van der Waals surface area contributed by atoms with Crippen molar-refractivity contribution in [3.05, 3.63) is 12.2 Å². The van der Waals surface area contributed by atoms with Gasteiger partial charge in [0.25, 0.3) is 11.8 Å². The van der Waals surface area contributed by atoms with Gasteiger partial charge < -0.3 is 10.1 Å².